The number of nitrogens with one attached hydrogen (secondary N) is 2. The molecule has 0 spiro atoms. The minimum absolute atomic E-state index is 0.101. The zero-order valence-corrected chi connectivity index (χ0v) is 10.4. The third-order valence-corrected chi connectivity index (χ3v) is 3.64. The fraction of sp³-hybridized carbons (Fsp3) is 0.357. The van der Waals surface area contributed by atoms with Crippen molar-refractivity contribution < 1.29 is 4.79 Å². The Morgan fingerprint density at radius 1 is 1.44 bits per heavy atom. The highest BCUT2D eigenvalue weighted by molar-refractivity contribution is 5.98. The van der Waals surface area contributed by atoms with Crippen LogP contribution in [0, 0.1) is 0 Å². The summed E-state index contributed by atoms with van der Waals surface area (Å²) in [5.41, 5.74) is 1.71. The van der Waals surface area contributed by atoms with E-state index in [2.05, 4.69) is 10.3 Å². The van der Waals surface area contributed by atoms with Gasteiger partial charge < -0.3 is 15.2 Å². The molecule has 2 N–H and O–H groups in total. The molecule has 4 heteroatoms. The summed E-state index contributed by atoms with van der Waals surface area (Å²) in [6.45, 7) is 1.63. The van der Waals surface area contributed by atoms with Gasteiger partial charge >= 0.3 is 0 Å². The van der Waals surface area contributed by atoms with Crippen molar-refractivity contribution in [1.29, 1.82) is 0 Å². The Bertz CT molecular complexity index is 542. The largest absolute Gasteiger partial charge is 0.351 e. The summed E-state index contributed by atoms with van der Waals surface area (Å²) in [7, 11) is 1.95. The number of hydrogen-bond donors (Lipinski definition) is 2. The average molecular weight is 243 g/mol. The molecule has 0 saturated carbocycles. The zero-order chi connectivity index (χ0) is 12.5. The molecule has 94 valence electrons. The van der Waals surface area contributed by atoms with Crippen molar-refractivity contribution in [2.24, 2.45) is 0 Å². The number of amides is 1. The predicted molar refractivity (Wildman–Crippen MR) is 71.7 cm³/mol. The molecule has 3 rings (SSSR count). The van der Waals surface area contributed by atoms with Gasteiger partial charge in [-0.1, -0.05) is 18.2 Å². The van der Waals surface area contributed by atoms with E-state index >= 15 is 0 Å². The number of fused-ring (bicyclic) bond motifs is 1. The quantitative estimate of drug-likeness (QED) is 0.841. The summed E-state index contributed by atoms with van der Waals surface area (Å²) in [6, 6.07) is 10.3. The van der Waals surface area contributed by atoms with Gasteiger partial charge in [-0.15, -0.1) is 0 Å². The first-order chi connectivity index (χ1) is 8.78. The zero-order valence-electron chi connectivity index (χ0n) is 10.4. The molecule has 1 aliphatic heterocycles. The maximum absolute atomic E-state index is 12.3. The van der Waals surface area contributed by atoms with E-state index in [4.69, 9.17) is 0 Å². The van der Waals surface area contributed by atoms with Crippen molar-refractivity contribution in [2.75, 3.05) is 20.1 Å². The first-order valence-electron chi connectivity index (χ1n) is 6.32. The monoisotopic (exact) mass is 243 g/mol. The molecule has 1 amide bonds. The second-order valence-corrected chi connectivity index (χ2v) is 4.80. The second kappa shape index (κ2) is 4.46. The summed E-state index contributed by atoms with van der Waals surface area (Å²) in [4.78, 5) is 17.4. The highest BCUT2D eigenvalue weighted by Crippen LogP contribution is 2.18. The Morgan fingerprint density at radius 2 is 2.28 bits per heavy atom. The smallest absolute Gasteiger partial charge is 0.270 e. The van der Waals surface area contributed by atoms with Gasteiger partial charge in [-0.05, 0) is 25.6 Å². The van der Waals surface area contributed by atoms with Crippen LogP contribution in [0.4, 0.5) is 0 Å². The second-order valence-electron chi connectivity index (χ2n) is 4.80. The van der Waals surface area contributed by atoms with Crippen LogP contribution in [0.5, 0.6) is 0 Å². The number of carbonyl (C=O) groups excluding carboxylic acids is 1. The predicted octanol–water partition coefficient (Wildman–Crippen LogP) is 1.60. The van der Waals surface area contributed by atoms with E-state index in [0.717, 1.165) is 30.4 Å². The van der Waals surface area contributed by atoms with Crippen molar-refractivity contribution in [3.63, 3.8) is 0 Å². The van der Waals surface area contributed by atoms with Crippen LogP contribution >= 0.6 is 0 Å². The number of aromatic nitrogens is 1. The number of H-pyrrole nitrogens is 1. The first-order valence-corrected chi connectivity index (χ1v) is 6.32. The van der Waals surface area contributed by atoms with Crippen LogP contribution in [0.15, 0.2) is 30.3 Å². The van der Waals surface area contributed by atoms with Gasteiger partial charge in [0.05, 0.1) is 0 Å². The van der Waals surface area contributed by atoms with E-state index in [-0.39, 0.29) is 5.91 Å². The van der Waals surface area contributed by atoms with Crippen molar-refractivity contribution in [3.05, 3.63) is 36.0 Å². The van der Waals surface area contributed by atoms with E-state index in [1.165, 1.54) is 0 Å². The highest BCUT2D eigenvalue weighted by atomic mass is 16.2. The van der Waals surface area contributed by atoms with Crippen molar-refractivity contribution in [2.45, 2.75) is 12.5 Å². The number of hydrogen-bond acceptors (Lipinski definition) is 2. The topological polar surface area (TPSA) is 48.1 Å². The van der Waals surface area contributed by atoms with Gasteiger partial charge in [0.25, 0.3) is 5.91 Å². The lowest BCUT2D eigenvalue weighted by atomic mass is 10.2. The van der Waals surface area contributed by atoms with E-state index in [0.29, 0.717) is 11.7 Å². The Labute approximate surface area is 106 Å². The highest BCUT2D eigenvalue weighted by Gasteiger charge is 2.26. The fourth-order valence-corrected chi connectivity index (χ4v) is 2.54. The fourth-order valence-electron chi connectivity index (χ4n) is 2.54. The Balaban J connectivity index is 1.84. The number of aromatic amines is 1. The molecule has 1 saturated heterocycles. The molecule has 4 nitrogen and oxygen atoms in total. The summed E-state index contributed by atoms with van der Waals surface area (Å²) in [5, 5.41) is 4.31. The first kappa shape index (κ1) is 11.3. The lowest BCUT2D eigenvalue weighted by Gasteiger charge is -2.15. The number of carbonyl (C=O) groups is 1. The van der Waals surface area contributed by atoms with Crippen molar-refractivity contribution >= 4 is 16.8 Å². The summed E-state index contributed by atoms with van der Waals surface area (Å²) in [5.74, 6) is 0.101. The van der Waals surface area contributed by atoms with Crippen LogP contribution in [-0.4, -0.2) is 42.0 Å². The number of nitrogens with zero attached hydrogens (tertiary/aromatic N) is 1. The van der Waals surface area contributed by atoms with Crippen LogP contribution in [-0.2, 0) is 0 Å². The summed E-state index contributed by atoms with van der Waals surface area (Å²) < 4.78 is 0. The van der Waals surface area contributed by atoms with Gasteiger partial charge in [0.1, 0.15) is 5.69 Å². The number of likely N-dealkylation sites (N-methyl/N-ethyl adjacent to an activating group) is 1. The third-order valence-electron chi connectivity index (χ3n) is 3.64. The molecule has 0 aliphatic carbocycles. The van der Waals surface area contributed by atoms with Crippen LogP contribution in [0.25, 0.3) is 10.9 Å². The third kappa shape index (κ3) is 1.88. The Kier molecular flexibility index (Phi) is 2.80. The molecule has 18 heavy (non-hydrogen) atoms. The van der Waals surface area contributed by atoms with E-state index in [9.17, 15) is 4.79 Å². The summed E-state index contributed by atoms with van der Waals surface area (Å²) >= 11 is 0. The minimum atomic E-state index is 0.101. The Morgan fingerprint density at radius 3 is 3.00 bits per heavy atom. The molecule has 1 aromatic carbocycles. The average Bonchev–Trinajstić information content (AvgIpc) is 3.04. The molecule has 0 radical (unpaired) electrons. The van der Waals surface area contributed by atoms with Gasteiger partial charge in [0.2, 0.25) is 0 Å². The molecule has 1 fully saturated rings. The van der Waals surface area contributed by atoms with Crippen molar-refractivity contribution in [1.82, 2.24) is 15.2 Å². The molecule has 1 aliphatic rings. The van der Waals surface area contributed by atoms with E-state index < -0.39 is 0 Å². The molecule has 1 unspecified atom stereocenters. The maximum Gasteiger partial charge on any atom is 0.270 e. The lowest BCUT2D eigenvalue weighted by molar-refractivity contribution is 0.0785. The molecular formula is C14H17N3O. The minimum Gasteiger partial charge on any atom is -0.351 e. The van der Waals surface area contributed by atoms with Gasteiger partial charge in [-0.25, -0.2) is 0 Å². The number of para-hydroxylation sites is 1. The SMILES string of the molecule is CNC1CCN(C(=O)c2cc3ccccc3[nH]2)C1. The Hall–Kier alpha value is -1.81. The standard InChI is InChI=1S/C14H17N3O/c1-15-11-6-7-17(9-11)14(18)13-8-10-4-2-3-5-12(10)16-13/h2-5,8,11,15-16H,6-7,9H2,1H3. The van der Waals surface area contributed by atoms with Crippen molar-refractivity contribution in [3.8, 4) is 0 Å². The van der Waals surface area contributed by atoms with Gasteiger partial charge in [-0.3, -0.25) is 4.79 Å². The lowest BCUT2D eigenvalue weighted by Crippen LogP contribution is -2.33. The molecule has 1 atom stereocenters. The van der Waals surface area contributed by atoms with Gasteiger partial charge in [-0.2, -0.15) is 0 Å². The van der Waals surface area contributed by atoms with Crippen LogP contribution < -0.4 is 5.32 Å². The van der Waals surface area contributed by atoms with Crippen LogP contribution in [0.3, 0.4) is 0 Å². The maximum atomic E-state index is 12.3. The molecular weight excluding hydrogens is 226 g/mol. The van der Waals surface area contributed by atoms with E-state index in [1.54, 1.807) is 0 Å². The number of benzene rings is 1. The number of likely N-dealkylation sites (tertiary alicyclic amines) is 1. The van der Waals surface area contributed by atoms with Gasteiger partial charge in [0, 0.05) is 30.0 Å². The molecule has 1 aromatic heterocycles. The van der Waals surface area contributed by atoms with Gasteiger partial charge in [0.15, 0.2) is 0 Å². The normalized spacial score (nSPS) is 19.6. The molecule has 2 aromatic rings. The molecule has 0 bridgehead atoms. The summed E-state index contributed by atoms with van der Waals surface area (Å²) in [6.07, 6.45) is 1.03. The van der Waals surface area contributed by atoms with Crippen LogP contribution in [0.2, 0.25) is 0 Å². The van der Waals surface area contributed by atoms with E-state index in [1.807, 2.05) is 42.3 Å². The number of rotatable bonds is 2. The molecule has 2 heterocycles. The van der Waals surface area contributed by atoms with Crippen LogP contribution in [0.1, 0.15) is 16.9 Å².